The Kier molecular flexibility index (Phi) is 4.60. The molecule has 0 saturated carbocycles. The van der Waals surface area contributed by atoms with E-state index in [-0.39, 0.29) is 24.3 Å². The Balaban J connectivity index is 1.89. The highest BCUT2D eigenvalue weighted by Gasteiger charge is 2.13. The van der Waals surface area contributed by atoms with Crippen molar-refractivity contribution in [1.82, 2.24) is 25.9 Å². The first kappa shape index (κ1) is 14.6. The van der Waals surface area contributed by atoms with E-state index in [0.29, 0.717) is 11.5 Å². The monoisotopic (exact) mass is 288 g/mol. The zero-order chi connectivity index (χ0) is 15.2. The van der Waals surface area contributed by atoms with Crippen LogP contribution in [0.3, 0.4) is 0 Å². The van der Waals surface area contributed by atoms with Crippen molar-refractivity contribution in [1.29, 1.82) is 0 Å². The van der Waals surface area contributed by atoms with Crippen LogP contribution in [0.1, 0.15) is 31.3 Å². The highest BCUT2D eigenvalue weighted by atomic mass is 16.2. The Labute approximate surface area is 121 Å². The van der Waals surface area contributed by atoms with Crippen LogP contribution in [0.25, 0.3) is 0 Å². The minimum absolute atomic E-state index is 0.130. The second-order valence-corrected chi connectivity index (χ2v) is 4.61. The summed E-state index contributed by atoms with van der Waals surface area (Å²) in [5.74, 6) is 0.165. The van der Waals surface area contributed by atoms with Crippen molar-refractivity contribution in [3.8, 4) is 0 Å². The van der Waals surface area contributed by atoms with Crippen LogP contribution in [0.2, 0.25) is 0 Å². The number of aromatic nitrogens is 4. The fourth-order valence-electron chi connectivity index (χ4n) is 1.80. The number of H-pyrrole nitrogens is 1. The van der Waals surface area contributed by atoms with Gasteiger partial charge in [0, 0.05) is 12.6 Å². The van der Waals surface area contributed by atoms with E-state index in [4.69, 9.17) is 0 Å². The molecular formula is C13H16N6O2. The summed E-state index contributed by atoms with van der Waals surface area (Å²) in [5.41, 5.74) is 1.55. The number of hydrogen-bond donors (Lipinski definition) is 3. The number of benzene rings is 1. The van der Waals surface area contributed by atoms with E-state index in [9.17, 15) is 9.59 Å². The van der Waals surface area contributed by atoms with Gasteiger partial charge in [0.1, 0.15) is 0 Å². The third-order valence-electron chi connectivity index (χ3n) is 2.77. The predicted octanol–water partition coefficient (Wildman–Crippen LogP) is 0.578. The molecule has 0 bridgehead atoms. The van der Waals surface area contributed by atoms with Crippen LogP contribution in [0.5, 0.6) is 0 Å². The van der Waals surface area contributed by atoms with Gasteiger partial charge in [0.2, 0.25) is 11.8 Å². The lowest BCUT2D eigenvalue weighted by molar-refractivity contribution is -0.121. The Hall–Kier alpha value is -2.77. The Morgan fingerprint density at radius 1 is 1.29 bits per heavy atom. The molecule has 1 unspecified atom stereocenters. The van der Waals surface area contributed by atoms with Gasteiger partial charge in [0.15, 0.2) is 5.82 Å². The summed E-state index contributed by atoms with van der Waals surface area (Å²) in [6.45, 7) is 3.23. The average Bonchev–Trinajstić information content (AvgIpc) is 2.94. The van der Waals surface area contributed by atoms with E-state index >= 15 is 0 Å². The zero-order valence-corrected chi connectivity index (χ0v) is 11.8. The topological polar surface area (TPSA) is 113 Å². The van der Waals surface area contributed by atoms with Gasteiger partial charge in [0.25, 0.3) is 0 Å². The van der Waals surface area contributed by atoms with Gasteiger partial charge in [-0.1, -0.05) is 17.3 Å². The predicted molar refractivity (Wildman–Crippen MR) is 75.2 cm³/mol. The molecule has 0 aliphatic carbocycles. The number of carbonyl (C=O) groups is 2. The lowest BCUT2D eigenvalue weighted by Gasteiger charge is -2.10. The van der Waals surface area contributed by atoms with E-state index in [0.717, 1.165) is 5.56 Å². The molecule has 2 rings (SSSR count). The number of carbonyl (C=O) groups excluding carboxylic acids is 2. The molecule has 0 saturated heterocycles. The molecule has 0 fully saturated rings. The molecule has 1 aromatic heterocycles. The van der Waals surface area contributed by atoms with Gasteiger partial charge in [-0.25, -0.2) is 0 Å². The maximum absolute atomic E-state index is 11.9. The van der Waals surface area contributed by atoms with Gasteiger partial charge in [-0.05, 0) is 24.6 Å². The number of aromatic amines is 1. The van der Waals surface area contributed by atoms with Crippen molar-refractivity contribution in [2.45, 2.75) is 26.3 Å². The number of amides is 2. The summed E-state index contributed by atoms with van der Waals surface area (Å²) in [7, 11) is 0. The third kappa shape index (κ3) is 4.37. The highest BCUT2D eigenvalue weighted by Crippen LogP contribution is 2.11. The summed E-state index contributed by atoms with van der Waals surface area (Å²) in [4.78, 5) is 22.8. The van der Waals surface area contributed by atoms with Gasteiger partial charge in [-0.15, -0.1) is 10.2 Å². The smallest absolute Gasteiger partial charge is 0.225 e. The molecule has 8 nitrogen and oxygen atoms in total. The van der Waals surface area contributed by atoms with Gasteiger partial charge >= 0.3 is 0 Å². The lowest BCUT2D eigenvalue weighted by Crippen LogP contribution is -2.28. The molecule has 2 aromatic rings. The Bertz CT molecular complexity index is 608. The number of nitrogens with one attached hydrogen (secondary N) is 3. The van der Waals surface area contributed by atoms with Gasteiger partial charge < -0.3 is 10.6 Å². The molecule has 0 aliphatic heterocycles. The highest BCUT2D eigenvalue weighted by molar-refractivity contribution is 5.88. The number of anilines is 1. The zero-order valence-electron chi connectivity index (χ0n) is 11.8. The van der Waals surface area contributed by atoms with Crippen LogP contribution in [0, 0.1) is 0 Å². The average molecular weight is 288 g/mol. The van der Waals surface area contributed by atoms with E-state index in [1.165, 1.54) is 6.92 Å². The van der Waals surface area contributed by atoms with E-state index in [1.807, 2.05) is 0 Å². The summed E-state index contributed by atoms with van der Waals surface area (Å²) >= 11 is 0. The quantitative estimate of drug-likeness (QED) is 0.745. The molecular weight excluding hydrogens is 272 g/mol. The molecule has 8 heteroatoms. The van der Waals surface area contributed by atoms with Crippen molar-refractivity contribution < 1.29 is 9.59 Å². The molecule has 1 atom stereocenters. The molecule has 21 heavy (non-hydrogen) atoms. The first-order valence-corrected chi connectivity index (χ1v) is 6.44. The van der Waals surface area contributed by atoms with Crippen molar-refractivity contribution in [3.63, 3.8) is 0 Å². The van der Waals surface area contributed by atoms with Crippen LogP contribution < -0.4 is 10.6 Å². The van der Waals surface area contributed by atoms with Crippen molar-refractivity contribution in [2.75, 3.05) is 5.32 Å². The minimum atomic E-state index is -0.310. The molecule has 0 radical (unpaired) electrons. The number of tetrazole rings is 1. The third-order valence-corrected chi connectivity index (χ3v) is 2.77. The van der Waals surface area contributed by atoms with Gasteiger partial charge in [-0.2, -0.15) is 5.21 Å². The molecule has 0 spiro atoms. The van der Waals surface area contributed by atoms with Crippen LogP contribution >= 0.6 is 0 Å². The van der Waals surface area contributed by atoms with Crippen LogP contribution in [-0.4, -0.2) is 32.4 Å². The second kappa shape index (κ2) is 6.60. The summed E-state index contributed by atoms with van der Waals surface area (Å²) < 4.78 is 0. The van der Waals surface area contributed by atoms with Crippen LogP contribution in [0.4, 0.5) is 5.69 Å². The minimum Gasteiger partial charge on any atom is -0.346 e. The SMILES string of the molecule is CC(=O)Nc1ccc(CC(=O)NC(C)c2nn[nH]n2)cc1. The van der Waals surface area contributed by atoms with E-state index < -0.39 is 0 Å². The number of nitrogens with zero attached hydrogens (tertiary/aromatic N) is 3. The maximum atomic E-state index is 11.9. The number of hydrogen-bond acceptors (Lipinski definition) is 5. The van der Waals surface area contributed by atoms with Crippen molar-refractivity contribution >= 4 is 17.5 Å². The maximum Gasteiger partial charge on any atom is 0.225 e. The standard InChI is InChI=1S/C13H16N6O2/c1-8(13-16-18-19-17-13)14-12(21)7-10-3-5-11(6-4-10)15-9(2)20/h3-6,8H,7H2,1-2H3,(H,14,21)(H,15,20)(H,16,17,18,19). The molecule has 2 amide bonds. The molecule has 1 aromatic carbocycles. The van der Waals surface area contributed by atoms with Crippen LogP contribution in [-0.2, 0) is 16.0 Å². The molecule has 0 aliphatic rings. The van der Waals surface area contributed by atoms with Crippen molar-refractivity contribution in [2.24, 2.45) is 0 Å². The first-order chi connectivity index (χ1) is 10.0. The largest absolute Gasteiger partial charge is 0.346 e. The van der Waals surface area contributed by atoms with Gasteiger partial charge in [-0.3, -0.25) is 9.59 Å². The second-order valence-electron chi connectivity index (χ2n) is 4.61. The summed E-state index contributed by atoms with van der Waals surface area (Å²) in [6, 6.07) is 6.79. The summed E-state index contributed by atoms with van der Waals surface area (Å²) in [6.07, 6.45) is 0.239. The van der Waals surface area contributed by atoms with E-state index in [1.54, 1.807) is 31.2 Å². The molecule has 1 heterocycles. The first-order valence-electron chi connectivity index (χ1n) is 6.44. The van der Waals surface area contributed by atoms with Gasteiger partial charge in [0.05, 0.1) is 12.5 Å². The Morgan fingerprint density at radius 3 is 2.57 bits per heavy atom. The fraction of sp³-hybridized carbons (Fsp3) is 0.308. The molecule has 3 N–H and O–H groups in total. The summed E-state index contributed by atoms with van der Waals surface area (Å²) in [5, 5.41) is 18.9. The fourth-order valence-corrected chi connectivity index (χ4v) is 1.80. The van der Waals surface area contributed by atoms with E-state index in [2.05, 4.69) is 31.3 Å². The van der Waals surface area contributed by atoms with Crippen molar-refractivity contribution in [3.05, 3.63) is 35.7 Å². The molecule has 110 valence electrons. The lowest BCUT2D eigenvalue weighted by atomic mass is 10.1. The Morgan fingerprint density at radius 2 is 2.00 bits per heavy atom. The normalized spacial score (nSPS) is 11.7. The van der Waals surface area contributed by atoms with Crippen LogP contribution in [0.15, 0.2) is 24.3 Å². The number of rotatable bonds is 5.